The standard InChI is InChI=1S/C48H64N2O2S/c1-45(2,3)35-25-31(26-36(43(35)51)46(4,5)6)41(29-15-19-33(49-13)20-16-29)39-23-24-40(53-39)42(30-17-21-34(50-14)22-18-30)32-27-37(47(7,8)9)44(52)38(28-32)48(10,11)12/h15-26,37-38,44,49-50,52H,27-28H2,1-14H3/t37-,38?,44?/m0/s1. The number of aliphatic hydroxyl groups is 1. The molecule has 284 valence electrons. The van der Waals surface area contributed by atoms with Gasteiger partial charge in [-0.05, 0) is 117 Å². The zero-order chi connectivity index (χ0) is 39.3. The SMILES string of the molecule is CNc1ccc(C(=C2C=C(C(C)(C)C)C(=O)C(C(C)(C)C)=C2)c2ccc(C(=C3CC(C(C)(C)C)C(O)[C@@H](C(C)(C)C)C3)c3ccc(NC)cc3)s2)cc1. The fourth-order valence-electron chi connectivity index (χ4n) is 8.05. The lowest BCUT2D eigenvalue weighted by Crippen LogP contribution is -2.46. The van der Waals surface area contributed by atoms with E-state index >= 15 is 0 Å². The second-order valence-corrected chi connectivity index (χ2v) is 20.5. The van der Waals surface area contributed by atoms with Crippen molar-refractivity contribution < 1.29 is 9.90 Å². The molecule has 0 aliphatic heterocycles. The van der Waals surface area contributed by atoms with Crippen molar-refractivity contribution in [3.63, 3.8) is 0 Å². The van der Waals surface area contributed by atoms with Crippen molar-refractivity contribution in [3.8, 4) is 0 Å². The van der Waals surface area contributed by atoms with Gasteiger partial charge in [-0.3, -0.25) is 4.79 Å². The summed E-state index contributed by atoms with van der Waals surface area (Å²) >= 11 is 1.83. The third-order valence-corrected chi connectivity index (χ3v) is 12.5. The maximum atomic E-state index is 14.0. The van der Waals surface area contributed by atoms with E-state index in [2.05, 4.69) is 167 Å². The monoisotopic (exact) mass is 732 g/mol. The highest BCUT2D eigenvalue weighted by Gasteiger charge is 2.45. The Morgan fingerprint density at radius 1 is 0.604 bits per heavy atom. The molecule has 2 unspecified atom stereocenters. The number of nitrogens with one attached hydrogen (secondary N) is 2. The van der Waals surface area contributed by atoms with Crippen molar-refractivity contribution in [1.29, 1.82) is 0 Å². The van der Waals surface area contributed by atoms with Gasteiger partial charge in [-0.15, -0.1) is 11.3 Å². The number of carbonyl (C=O) groups is 1. The zero-order valence-electron chi connectivity index (χ0n) is 34.8. The average molecular weight is 733 g/mol. The number of anilines is 2. The molecular weight excluding hydrogens is 669 g/mol. The van der Waals surface area contributed by atoms with Gasteiger partial charge in [-0.25, -0.2) is 0 Å². The van der Waals surface area contributed by atoms with Gasteiger partial charge in [0.1, 0.15) is 0 Å². The minimum Gasteiger partial charge on any atom is -0.392 e. The number of benzene rings is 2. The predicted molar refractivity (Wildman–Crippen MR) is 230 cm³/mol. The van der Waals surface area contributed by atoms with Crippen molar-refractivity contribution >= 4 is 39.6 Å². The van der Waals surface area contributed by atoms with Crippen LogP contribution in [-0.2, 0) is 4.79 Å². The summed E-state index contributed by atoms with van der Waals surface area (Å²) < 4.78 is 0. The molecule has 0 saturated heterocycles. The predicted octanol–water partition coefficient (Wildman–Crippen LogP) is 12.4. The normalized spacial score (nSPS) is 21.2. The zero-order valence-corrected chi connectivity index (χ0v) is 35.7. The number of allylic oxidation sites excluding steroid dienone is 6. The van der Waals surface area contributed by atoms with Gasteiger partial charge in [-0.1, -0.05) is 113 Å². The summed E-state index contributed by atoms with van der Waals surface area (Å²) in [5.41, 5.74) is 10.3. The Morgan fingerprint density at radius 2 is 0.981 bits per heavy atom. The van der Waals surface area contributed by atoms with Gasteiger partial charge in [0.15, 0.2) is 5.78 Å². The molecule has 3 N–H and O–H groups in total. The molecule has 0 amide bonds. The van der Waals surface area contributed by atoms with Crippen molar-refractivity contribution in [3.05, 3.63) is 116 Å². The quantitative estimate of drug-likeness (QED) is 0.236. The largest absolute Gasteiger partial charge is 0.392 e. The second-order valence-electron chi connectivity index (χ2n) is 19.4. The number of thiophene rings is 1. The summed E-state index contributed by atoms with van der Waals surface area (Å²) in [5.74, 6) is 0.405. The molecule has 4 nitrogen and oxygen atoms in total. The number of carbonyl (C=O) groups excluding carboxylic acids is 1. The van der Waals surface area contributed by atoms with Crippen LogP contribution in [0, 0.1) is 33.5 Å². The molecule has 3 atom stereocenters. The molecule has 3 aromatic rings. The lowest BCUT2D eigenvalue weighted by Gasteiger charge is -2.48. The Balaban J connectivity index is 1.82. The van der Waals surface area contributed by atoms with Gasteiger partial charge in [0.05, 0.1) is 6.10 Å². The summed E-state index contributed by atoms with van der Waals surface area (Å²) in [5, 5.41) is 18.5. The van der Waals surface area contributed by atoms with E-state index in [1.807, 2.05) is 25.4 Å². The molecule has 5 heteroatoms. The van der Waals surface area contributed by atoms with Crippen molar-refractivity contribution in [2.75, 3.05) is 24.7 Å². The second kappa shape index (κ2) is 14.9. The molecule has 53 heavy (non-hydrogen) atoms. The molecule has 5 rings (SSSR count). The average Bonchev–Trinajstić information content (AvgIpc) is 3.53. The van der Waals surface area contributed by atoms with Crippen molar-refractivity contribution in [1.82, 2.24) is 0 Å². The van der Waals surface area contributed by atoms with Gasteiger partial charge in [0.2, 0.25) is 0 Å². The number of ketones is 1. The first-order valence-electron chi connectivity index (χ1n) is 19.3. The molecule has 2 aromatic carbocycles. The van der Waals surface area contributed by atoms with Crippen molar-refractivity contribution in [2.45, 2.75) is 102 Å². The summed E-state index contributed by atoms with van der Waals surface area (Å²) in [4.78, 5) is 16.4. The third kappa shape index (κ3) is 8.68. The molecule has 2 aliphatic carbocycles. The topological polar surface area (TPSA) is 61.4 Å². The Morgan fingerprint density at radius 3 is 1.34 bits per heavy atom. The van der Waals surface area contributed by atoms with E-state index in [4.69, 9.17) is 0 Å². The van der Waals surface area contributed by atoms with Gasteiger partial charge < -0.3 is 15.7 Å². The minimum absolute atomic E-state index is 0.0556. The van der Waals surface area contributed by atoms with Crippen LogP contribution in [0.2, 0.25) is 0 Å². The number of hydrogen-bond acceptors (Lipinski definition) is 5. The van der Waals surface area contributed by atoms with Crippen molar-refractivity contribution in [2.24, 2.45) is 33.5 Å². The van der Waals surface area contributed by atoms with E-state index in [0.717, 1.165) is 56.9 Å². The Kier molecular flexibility index (Phi) is 11.4. The molecule has 2 aliphatic rings. The van der Waals surface area contributed by atoms with Gasteiger partial charge in [-0.2, -0.15) is 0 Å². The van der Waals surface area contributed by atoms with E-state index in [1.54, 1.807) is 0 Å². The van der Waals surface area contributed by atoms with E-state index < -0.39 is 0 Å². The Labute approximate surface area is 324 Å². The van der Waals surface area contributed by atoms with E-state index in [1.165, 1.54) is 21.6 Å². The molecule has 0 spiro atoms. The van der Waals surface area contributed by atoms with Crippen LogP contribution in [-0.4, -0.2) is 31.1 Å². The van der Waals surface area contributed by atoms with E-state index in [0.29, 0.717) is 0 Å². The number of rotatable bonds is 6. The summed E-state index contributed by atoms with van der Waals surface area (Å²) in [6.45, 7) is 26.5. The summed E-state index contributed by atoms with van der Waals surface area (Å²) in [6.07, 6.45) is 5.63. The highest BCUT2D eigenvalue weighted by molar-refractivity contribution is 7.14. The molecule has 1 saturated carbocycles. The fraction of sp³-hybridized carbons (Fsp3) is 0.479. The molecule has 0 radical (unpaired) electrons. The van der Waals surface area contributed by atoms with Crippen LogP contribution < -0.4 is 10.6 Å². The lowest BCUT2D eigenvalue weighted by atomic mass is 9.59. The van der Waals surface area contributed by atoms with Crippen LogP contribution in [0.15, 0.2) is 95.1 Å². The van der Waals surface area contributed by atoms with E-state index in [9.17, 15) is 9.90 Å². The molecule has 1 aromatic heterocycles. The maximum Gasteiger partial charge on any atom is 0.186 e. The van der Waals surface area contributed by atoms with Gasteiger partial charge >= 0.3 is 0 Å². The van der Waals surface area contributed by atoms with Crippen LogP contribution >= 0.6 is 11.3 Å². The summed E-state index contributed by atoms with van der Waals surface area (Å²) in [7, 11) is 3.90. The number of hydrogen-bond donors (Lipinski definition) is 3. The fourth-order valence-corrected chi connectivity index (χ4v) is 9.26. The molecule has 0 bridgehead atoms. The first-order valence-corrected chi connectivity index (χ1v) is 20.2. The minimum atomic E-state index is -0.371. The Bertz CT molecular complexity index is 1880. The van der Waals surface area contributed by atoms with Crippen LogP contribution in [0.25, 0.3) is 11.1 Å². The molecular formula is C48H64N2O2S. The van der Waals surface area contributed by atoms with Crippen LogP contribution in [0.4, 0.5) is 11.4 Å². The van der Waals surface area contributed by atoms with Gasteiger partial charge in [0.25, 0.3) is 0 Å². The first-order chi connectivity index (χ1) is 24.5. The van der Waals surface area contributed by atoms with Gasteiger partial charge in [0, 0.05) is 51.9 Å². The lowest BCUT2D eigenvalue weighted by molar-refractivity contribution is -0.114. The smallest absolute Gasteiger partial charge is 0.186 e. The first kappa shape index (κ1) is 40.5. The number of Topliss-reactive ketones (excluding diaryl/α,β-unsaturated/α-hetero) is 1. The molecule has 1 fully saturated rings. The van der Waals surface area contributed by atoms with E-state index in [-0.39, 0.29) is 45.4 Å². The third-order valence-electron chi connectivity index (χ3n) is 11.4. The van der Waals surface area contributed by atoms with Crippen LogP contribution in [0.3, 0.4) is 0 Å². The Hall–Kier alpha value is -3.67. The highest BCUT2D eigenvalue weighted by atomic mass is 32.1. The molecule has 1 heterocycles. The van der Waals surface area contributed by atoms with Crippen LogP contribution in [0.1, 0.15) is 117 Å². The van der Waals surface area contributed by atoms with Crippen LogP contribution in [0.5, 0.6) is 0 Å². The summed E-state index contributed by atoms with van der Waals surface area (Å²) in [6, 6.07) is 22.1. The highest BCUT2D eigenvalue weighted by Crippen LogP contribution is 2.52. The maximum absolute atomic E-state index is 14.0. The number of aliphatic hydroxyl groups excluding tert-OH is 1.